The fraction of sp³-hybridized carbons (Fsp3) is 0.300. The second kappa shape index (κ2) is 10.4. The number of aromatic nitrogens is 2. The third kappa shape index (κ3) is 5.42. The molecule has 0 radical (unpaired) electrons. The van der Waals surface area contributed by atoms with Gasteiger partial charge in [-0.2, -0.15) is 0 Å². The van der Waals surface area contributed by atoms with Crippen LogP contribution < -0.4 is 0 Å². The lowest BCUT2D eigenvalue weighted by atomic mass is 9.83. The Balaban J connectivity index is 1.92. The Labute approximate surface area is 237 Å². The zero-order valence-corrected chi connectivity index (χ0v) is 24.6. The van der Waals surface area contributed by atoms with E-state index < -0.39 is 38.3 Å². The normalized spacial score (nSPS) is 12.7. The zero-order valence-electron chi connectivity index (χ0n) is 23.0. The molecule has 0 amide bonds. The van der Waals surface area contributed by atoms with Gasteiger partial charge in [-0.15, -0.1) is 0 Å². The molecule has 4 rings (SSSR count). The van der Waals surface area contributed by atoms with Crippen LogP contribution in [-0.2, 0) is 27.3 Å². The van der Waals surface area contributed by atoms with Gasteiger partial charge in [-0.05, 0) is 81.6 Å². The summed E-state index contributed by atoms with van der Waals surface area (Å²) in [5.41, 5.74) is -1.62. The van der Waals surface area contributed by atoms with Crippen molar-refractivity contribution in [1.29, 1.82) is 0 Å². The van der Waals surface area contributed by atoms with Crippen LogP contribution in [-0.4, -0.2) is 29.3 Å². The number of aliphatic hydroxyl groups is 1. The van der Waals surface area contributed by atoms with E-state index in [9.17, 15) is 17.9 Å². The predicted octanol–water partition coefficient (Wildman–Crippen LogP) is 7.13. The predicted molar refractivity (Wildman–Crippen MR) is 150 cm³/mol. The molecule has 0 fully saturated rings. The summed E-state index contributed by atoms with van der Waals surface area (Å²) < 4.78 is 71.8. The Kier molecular flexibility index (Phi) is 7.73. The minimum atomic E-state index is -3.74. The minimum Gasteiger partial charge on any atom is -0.384 e. The van der Waals surface area contributed by atoms with Gasteiger partial charge >= 0.3 is 0 Å². The quantitative estimate of drug-likeness (QED) is 0.249. The fourth-order valence-corrected chi connectivity index (χ4v) is 6.27. The van der Waals surface area contributed by atoms with E-state index in [1.807, 2.05) is 0 Å². The Morgan fingerprint density at radius 2 is 1.60 bits per heavy atom. The van der Waals surface area contributed by atoms with E-state index in [1.165, 1.54) is 67.1 Å². The monoisotopic (exact) mass is 590 g/mol. The fourth-order valence-electron chi connectivity index (χ4n) is 4.84. The van der Waals surface area contributed by atoms with Crippen molar-refractivity contribution in [2.75, 3.05) is 6.26 Å². The van der Waals surface area contributed by atoms with E-state index in [4.69, 9.17) is 11.6 Å². The molecular formula is C30H30ClF3N2O3S. The lowest BCUT2D eigenvalue weighted by Crippen LogP contribution is -2.26. The van der Waals surface area contributed by atoms with Crippen LogP contribution in [0.25, 0.3) is 16.8 Å². The number of halogens is 4. The molecule has 0 bridgehead atoms. The average molecular weight is 591 g/mol. The van der Waals surface area contributed by atoms with Crippen molar-refractivity contribution in [1.82, 2.24) is 9.55 Å². The number of imidazole rings is 1. The molecule has 0 unspecified atom stereocenters. The van der Waals surface area contributed by atoms with Gasteiger partial charge in [0.2, 0.25) is 0 Å². The zero-order chi connectivity index (χ0) is 29.8. The Morgan fingerprint density at radius 3 is 2.15 bits per heavy atom. The standard InChI is InChI=1S/C30H30ClF3N2O3S/c1-7-19-22(33)14-18(15-25(19)40(6,38)39)17-11-12-24(23(34)13-17)36-16-26(30(4,5)37)35-28(36)29(2,3)27-20(31)9-8-10-21(27)32/h8-16,37H,7H2,1-6H3. The third-order valence-electron chi connectivity index (χ3n) is 6.93. The molecule has 0 aliphatic rings. The molecule has 10 heteroatoms. The summed E-state index contributed by atoms with van der Waals surface area (Å²) in [5.74, 6) is -1.76. The Morgan fingerprint density at radius 1 is 0.950 bits per heavy atom. The van der Waals surface area contributed by atoms with Gasteiger partial charge in [-0.1, -0.05) is 30.7 Å². The van der Waals surface area contributed by atoms with Crippen LogP contribution in [0.2, 0.25) is 5.02 Å². The van der Waals surface area contributed by atoms with Gasteiger partial charge < -0.3 is 5.11 Å². The summed E-state index contributed by atoms with van der Waals surface area (Å²) in [7, 11) is -3.74. The maximum absolute atomic E-state index is 15.8. The summed E-state index contributed by atoms with van der Waals surface area (Å²) in [5, 5.41) is 10.9. The molecule has 0 saturated carbocycles. The van der Waals surface area contributed by atoms with Gasteiger partial charge in [-0.25, -0.2) is 26.6 Å². The molecule has 0 aliphatic carbocycles. The first-order chi connectivity index (χ1) is 18.5. The van der Waals surface area contributed by atoms with Crippen molar-refractivity contribution in [2.24, 2.45) is 0 Å². The van der Waals surface area contributed by atoms with Crippen LogP contribution in [0.5, 0.6) is 0 Å². The number of sulfone groups is 1. The van der Waals surface area contributed by atoms with Crippen LogP contribution in [0.1, 0.15) is 57.3 Å². The summed E-state index contributed by atoms with van der Waals surface area (Å²) >= 11 is 6.38. The molecule has 0 spiro atoms. The summed E-state index contributed by atoms with van der Waals surface area (Å²) in [6.07, 6.45) is 2.65. The molecule has 1 N–H and O–H groups in total. The minimum absolute atomic E-state index is 0.0382. The van der Waals surface area contributed by atoms with E-state index in [-0.39, 0.29) is 55.8 Å². The molecule has 0 atom stereocenters. The van der Waals surface area contributed by atoms with E-state index >= 15 is 8.78 Å². The number of nitrogens with zero attached hydrogens (tertiary/aromatic N) is 2. The topological polar surface area (TPSA) is 72.2 Å². The lowest BCUT2D eigenvalue weighted by Gasteiger charge is -2.27. The molecule has 4 aromatic rings. The van der Waals surface area contributed by atoms with Crippen LogP contribution in [0.3, 0.4) is 0 Å². The molecule has 40 heavy (non-hydrogen) atoms. The second-order valence-electron chi connectivity index (χ2n) is 10.8. The highest BCUT2D eigenvalue weighted by Gasteiger charge is 2.36. The summed E-state index contributed by atoms with van der Waals surface area (Å²) in [4.78, 5) is 4.44. The highest BCUT2D eigenvalue weighted by molar-refractivity contribution is 7.90. The molecule has 5 nitrogen and oxygen atoms in total. The van der Waals surface area contributed by atoms with Gasteiger partial charge in [0.1, 0.15) is 28.9 Å². The second-order valence-corrected chi connectivity index (χ2v) is 13.2. The Hall–Kier alpha value is -3.14. The first-order valence-corrected chi connectivity index (χ1v) is 14.8. The van der Waals surface area contributed by atoms with Crippen molar-refractivity contribution in [3.05, 3.63) is 99.8 Å². The van der Waals surface area contributed by atoms with E-state index in [2.05, 4.69) is 4.98 Å². The number of hydrogen-bond donors (Lipinski definition) is 1. The van der Waals surface area contributed by atoms with Crippen molar-refractivity contribution in [3.8, 4) is 16.8 Å². The SMILES string of the molecule is CCc1c(F)cc(-c2ccc(-n3cc(C(C)(C)O)nc3C(C)(C)c3c(F)cccc3Cl)c(F)c2)cc1S(C)(=O)=O. The highest BCUT2D eigenvalue weighted by atomic mass is 35.5. The van der Waals surface area contributed by atoms with E-state index in [0.29, 0.717) is 0 Å². The number of rotatable bonds is 7. The van der Waals surface area contributed by atoms with Gasteiger partial charge in [-0.3, -0.25) is 4.57 Å². The number of hydrogen-bond acceptors (Lipinski definition) is 4. The van der Waals surface area contributed by atoms with E-state index in [1.54, 1.807) is 26.8 Å². The van der Waals surface area contributed by atoms with Crippen molar-refractivity contribution >= 4 is 21.4 Å². The van der Waals surface area contributed by atoms with Gasteiger partial charge in [0, 0.05) is 28.6 Å². The third-order valence-corrected chi connectivity index (χ3v) is 8.41. The highest BCUT2D eigenvalue weighted by Crippen LogP contribution is 2.40. The summed E-state index contributed by atoms with van der Waals surface area (Å²) in [6, 6.07) is 11.0. The first-order valence-electron chi connectivity index (χ1n) is 12.6. The molecule has 212 valence electrons. The molecule has 3 aromatic carbocycles. The van der Waals surface area contributed by atoms with Crippen LogP contribution >= 0.6 is 11.6 Å². The maximum Gasteiger partial charge on any atom is 0.175 e. The molecular weight excluding hydrogens is 561 g/mol. The molecule has 1 heterocycles. The molecule has 1 aromatic heterocycles. The Bertz CT molecular complexity index is 1700. The smallest absolute Gasteiger partial charge is 0.175 e. The van der Waals surface area contributed by atoms with E-state index in [0.717, 1.165) is 6.26 Å². The maximum atomic E-state index is 15.8. The number of benzene rings is 3. The van der Waals surface area contributed by atoms with Crippen molar-refractivity contribution in [3.63, 3.8) is 0 Å². The molecule has 0 saturated heterocycles. The van der Waals surface area contributed by atoms with Gasteiger partial charge in [0.15, 0.2) is 9.84 Å². The van der Waals surface area contributed by atoms with Crippen LogP contribution in [0.4, 0.5) is 13.2 Å². The van der Waals surface area contributed by atoms with Gasteiger partial charge in [0.05, 0.1) is 21.7 Å². The largest absolute Gasteiger partial charge is 0.384 e. The average Bonchev–Trinajstić information content (AvgIpc) is 3.29. The first kappa shape index (κ1) is 29.8. The lowest BCUT2D eigenvalue weighted by molar-refractivity contribution is 0.0740. The molecule has 0 aliphatic heterocycles. The van der Waals surface area contributed by atoms with Crippen LogP contribution in [0, 0.1) is 17.5 Å². The summed E-state index contributed by atoms with van der Waals surface area (Å²) in [6.45, 7) is 8.10. The van der Waals surface area contributed by atoms with Gasteiger partial charge in [0.25, 0.3) is 0 Å². The van der Waals surface area contributed by atoms with Crippen molar-refractivity contribution < 1.29 is 26.7 Å². The van der Waals surface area contributed by atoms with Crippen molar-refractivity contribution in [2.45, 2.75) is 57.0 Å². The van der Waals surface area contributed by atoms with Crippen LogP contribution in [0.15, 0.2) is 59.6 Å².